The summed E-state index contributed by atoms with van der Waals surface area (Å²) >= 11 is 7.63. The third kappa shape index (κ3) is 2.87. The van der Waals surface area contributed by atoms with Crippen LogP contribution in [-0.4, -0.2) is 38.4 Å². The standard InChI is InChI=1S/C16H14ClN5O2S/c1-24-11-5-3-10(4-6-11)14-13(17)15(23)22(14)16-20-19-12(25-16)9-21-8-2-7-18-21/h2-8,13-14H,9H2,1H3. The number of rotatable bonds is 5. The van der Waals surface area contributed by atoms with E-state index in [4.69, 9.17) is 16.3 Å². The molecule has 2 atom stereocenters. The predicted molar refractivity (Wildman–Crippen MR) is 94.1 cm³/mol. The second kappa shape index (κ2) is 6.45. The molecule has 0 saturated carbocycles. The van der Waals surface area contributed by atoms with Crippen molar-refractivity contribution < 1.29 is 9.53 Å². The molecule has 2 aromatic heterocycles. The second-order valence-electron chi connectivity index (χ2n) is 5.51. The fraction of sp³-hybridized carbons (Fsp3) is 0.250. The highest BCUT2D eigenvalue weighted by Gasteiger charge is 2.49. The summed E-state index contributed by atoms with van der Waals surface area (Å²) in [6.07, 6.45) is 3.56. The van der Waals surface area contributed by atoms with Crippen LogP contribution in [0.5, 0.6) is 5.75 Å². The van der Waals surface area contributed by atoms with E-state index in [9.17, 15) is 4.79 Å². The topological polar surface area (TPSA) is 73.1 Å². The number of anilines is 1. The average molecular weight is 376 g/mol. The SMILES string of the molecule is COc1ccc(C2C(Cl)C(=O)N2c2nnc(Cn3cccn3)s2)cc1. The number of halogens is 1. The van der Waals surface area contributed by atoms with Crippen LogP contribution in [0.4, 0.5) is 5.13 Å². The van der Waals surface area contributed by atoms with E-state index >= 15 is 0 Å². The van der Waals surface area contributed by atoms with Gasteiger partial charge in [0.05, 0.1) is 19.7 Å². The fourth-order valence-electron chi connectivity index (χ4n) is 2.72. The fourth-order valence-corrected chi connectivity index (χ4v) is 3.96. The summed E-state index contributed by atoms with van der Waals surface area (Å²) in [5.74, 6) is 0.591. The maximum atomic E-state index is 12.3. The van der Waals surface area contributed by atoms with Crippen LogP contribution in [0.25, 0.3) is 0 Å². The molecule has 2 unspecified atom stereocenters. The number of β-lactam (4-membered cyclic amide) rings is 1. The first-order chi connectivity index (χ1) is 12.2. The molecule has 1 aliphatic heterocycles. The van der Waals surface area contributed by atoms with Crippen molar-refractivity contribution in [2.24, 2.45) is 0 Å². The lowest BCUT2D eigenvalue weighted by molar-refractivity contribution is -0.123. The van der Waals surface area contributed by atoms with Crippen LogP contribution in [0.3, 0.4) is 0 Å². The van der Waals surface area contributed by atoms with Gasteiger partial charge in [0.25, 0.3) is 0 Å². The lowest BCUT2D eigenvalue weighted by atomic mass is 9.94. The van der Waals surface area contributed by atoms with Crippen LogP contribution in [-0.2, 0) is 11.3 Å². The normalized spacial score (nSPS) is 19.8. The van der Waals surface area contributed by atoms with E-state index in [0.29, 0.717) is 11.7 Å². The molecule has 25 heavy (non-hydrogen) atoms. The molecule has 7 nitrogen and oxygen atoms in total. The molecule has 0 spiro atoms. The summed E-state index contributed by atoms with van der Waals surface area (Å²) in [6.45, 7) is 0.518. The Kier molecular flexibility index (Phi) is 4.14. The van der Waals surface area contributed by atoms with E-state index < -0.39 is 5.38 Å². The van der Waals surface area contributed by atoms with Gasteiger partial charge in [-0.15, -0.1) is 21.8 Å². The summed E-state index contributed by atoms with van der Waals surface area (Å²) in [6, 6.07) is 9.10. The number of methoxy groups -OCH3 is 1. The first-order valence-corrected chi connectivity index (χ1v) is 8.83. The first kappa shape index (κ1) is 16.0. The third-order valence-corrected chi connectivity index (χ3v) is 5.34. The van der Waals surface area contributed by atoms with Crippen LogP contribution >= 0.6 is 22.9 Å². The average Bonchev–Trinajstić information content (AvgIpc) is 3.31. The lowest BCUT2D eigenvalue weighted by Crippen LogP contribution is -2.56. The highest BCUT2D eigenvalue weighted by atomic mass is 35.5. The quantitative estimate of drug-likeness (QED) is 0.506. The smallest absolute Gasteiger partial charge is 0.250 e. The zero-order valence-electron chi connectivity index (χ0n) is 13.2. The zero-order valence-corrected chi connectivity index (χ0v) is 14.8. The van der Waals surface area contributed by atoms with Crippen molar-refractivity contribution in [3.05, 3.63) is 53.3 Å². The molecule has 3 aromatic rings. The van der Waals surface area contributed by atoms with E-state index in [1.165, 1.54) is 11.3 Å². The molecule has 0 radical (unpaired) electrons. The number of aromatic nitrogens is 4. The first-order valence-electron chi connectivity index (χ1n) is 7.58. The van der Waals surface area contributed by atoms with Gasteiger partial charge in [-0.05, 0) is 23.8 Å². The van der Waals surface area contributed by atoms with Gasteiger partial charge in [-0.25, -0.2) is 0 Å². The Bertz CT molecular complexity index is 880. The van der Waals surface area contributed by atoms with Crippen LogP contribution in [0.1, 0.15) is 16.6 Å². The Morgan fingerprint density at radius 3 is 2.76 bits per heavy atom. The maximum Gasteiger partial charge on any atom is 0.250 e. The molecule has 3 heterocycles. The Hall–Kier alpha value is -2.45. The maximum absolute atomic E-state index is 12.3. The van der Waals surface area contributed by atoms with Crippen LogP contribution < -0.4 is 9.64 Å². The zero-order chi connectivity index (χ0) is 17.4. The van der Waals surface area contributed by atoms with Gasteiger partial charge in [-0.2, -0.15) is 5.10 Å². The van der Waals surface area contributed by atoms with Gasteiger partial charge in [-0.3, -0.25) is 14.4 Å². The second-order valence-corrected chi connectivity index (χ2v) is 7.02. The summed E-state index contributed by atoms with van der Waals surface area (Å²) in [4.78, 5) is 13.9. The van der Waals surface area contributed by atoms with Crippen LogP contribution in [0, 0.1) is 0 Å². The van der Waals surface area contributed by atoms with E-state index in [2.05, 4.69) is 15.3 Å². The molecule has 1 amide bonds. The van der Waals surface area contributed by atoms with Crippen LogP contribution in [0.2, 0.25) is 0 Å². The summed E-state index contributed by atoms with van der Waals surface area (Å²) < 4.78 is 6.93. The highest BCUT2D eigenvalue weighted by molar-refractivity contribution is 7.15. The number of nitrogens with zero attached hydrogens (tertiary/aromatic N) is 5. The monoisotopic (exact) mass is 375 g/mol. The largest absolute Gasteiger partial charge is 0.497 e. The number of amides is 1. The number of hydrogen-bond acceptors (Lipinski definition) is 6. The lowest BCUT2D eigenvalue weighted by Gasteiger charge is -2.42. The van der Waals surface area contributed by atoms with E-state index in [0.717, 1.165) is 16.3 Å². The number of hydrogen-bond donors (Lipinski definition) is 0. The Balaban J connectivity index is 1.57. The molecule has 1 fully saturated rings. The van der Waals surface area contributed by atoms with Gasteiger partial charge >= 0.3 is 0 Å². The van der Waals surface area contributed by atoms with Gasteiger partial charge in [-0.1, -0.05) is 23.5 Å². The third-order valence-electron chi connectivity index (χ3n) is 4.00. The van der Waals surface area contributed by atoms with Gasteiger partial charge in [0.15, 0.2) is 0 Å². The van der Waals surface area contributed by atoms with Crippen molar-refractivity contribution in [3.8, 4) is 5.75 Å². The van der Waals surface area contributed by atoms with E-state index in [1.807, 2.05) is 36.5 Å². The molecule has 128 valence electrons. The highest BCUT2D eigenvalue weighted by Crippen LogP contribution is 2.43. The van der Waals surface area contributed by atoms with Crippen molar-refractivity contribution >= 4 is 34.0 Å². The van der Waals surface area contributed by atoms with E-state index in [-0.39, 0.29) is 11.9 Å². The summed E-state index contributed by atoms with van der Waals surface area (Å²) in [5.41, 5.74) is 0.934. The van der Waals surface area contributed by atoms with Crippen molar-refractivity contribution in [1.29, 1.82) is 0 Å². The molecule has 1 saturated heterocycles. The number of ether oxygens (including phenoxy) is 1. The number of carbonyl (C=O) groups is 1. The van der Waals surface area contributed by atoms with Crippen molar-refractivity contribution in [1.82, 2.24) is 20.0 Å². The van der Waals surface area contributed by atoms with Gasteiger partial charge in [0.1, 0.15) is 16.1 Å². The molecule has 1 aliphatic rings. The van der Waals surface area contributed by atoms with Gasteiger partial charge < -0.3 is 4.74 Å². The molecule has 9 heteroatoms. The Morgan fingerprint density at radius 2 is 2.08 bits per heavy atom. The van der Waals surface area contributed by atoms with Crippen molar-refractivity contribution in [2.75, 3.05) is 12.0 Å². The molecule has 4 rings (SSSR count). The minimum atomic E-state index is -0.605. The van der Waals surface area contributed by atoms with Crippen molar-refractivity contribution in [3.63, 3.8) is 0 Å². The minimum absolute atomic E-state index is 0.163. The molecule has 0 N–H and O–H groups in total. The molecular formula is C16H14ClN5O2S. The Labute approximate surface area is 152 Å². The number of carbonyl (C=O) groups excluding carboxylic acids is 1. The number of alkyl halides is 1. The minimum Gasteiger partial charge on any atom is -0.497 e. The van der Waals surface area contributed by atoms with Crippen molar-refractivity contribution in [2.45, 2.75) is 18.0 Å². The molecular weight excluding hydrogens is 362 g/mol. The summed E-state index contributed by atoms with van der Waals surface area (Å²) in [5, 5.41) is 13.2. The van der Waals surface area contributed by atoms with Gasteiger partial charge in [0.2, 0.25) is 11.0 Å². The predicted octanol–water partition coefficient (Wildman–Crippen LogP) is 2.49. The molecule has 0 bridgehead atoms. The summed E-state index contributed by atoms with van der Waals surface area (Å²) in [7, 11) is 1.61. The van der Waals surface area contributed by atoms with Crippen LogP contribution in [0.15, 0.2) is 42.7 Å². The van der Waals surface area contributed by atoms with E-state index in [1.54, 1.807) is 22.9 Å². The number of benzene rings is 1. The van der Waals surface area contributed by atoms with Gasteiger partial charge in [0, 0.05) is 12.4 Å². The molecule has 0 aliphatic carbocycles. The Morgan fingerprint density at radius 1 is 1.28 bits per heavy atom. The molecule has 1 aromatic carbocycles.